The van der Waals surface area contributed by atoms with E-state index < -0.39 is 17.7 Å². The number of carbonyl (C=O) groups is 1. The lowest BCUT2D eigenvalue weighted by Gasteiger charge is -2.23. The molecule has 1 aromatic carbocycles. The lowest BCUT2D eigenvalue weighted by atomic mass is 10.0. The van der Waals surface area contributed by atoms with Crippen molar-refractivity contribution >= 4 is 6.09 Å². The lowest BCUT2D eigenvalue weighted by Crippen LogP contribution is -2.34. The fourth-order valence-corrected chi connectivity index (χ4v) is 1.84. The van der Waals surface area contributed by atoms with Gasteiger partial charge in [0.15, 0.2) is 0 Å². The molecule has 1 amide bonds. The van der Waals surface area contributed by atoms with Crippen molar-refractivity contribution in [1.29, 1.82) is 5.26 Å². The van der Waals surface area contributed by atoms with Gasteiger partial charge in [-0.2, -0.15) is 5.26 Å². The van der Waals surface area contributed by atoms with Gasteiger partial charge in [-0.3, -0.25) is 0 Å². The van der Waals surface area contributed by atoms with E-state index in [-0.39, 0.29) is 12.5 Å². The zero-order valence-electron chi connectivity index (χ0n) is 13.8. The number of hydrogen-bond acceptors (Lipinski definition) is 4. The summed E-state index contributed by atoms with van der Waals surface area (Å²) in [5.74, 6) is 0.756. The Morgan fingerprint density at radius 2 is 1.86 bits per heavy atom. The summed E-state index contributed by atoms with van der Waals surface area (Å²) < 4.78 is 10.8. The fourth-order valence-electron chi connectivity index (χ4n) is 1.84. The first-order chi connectivity index (χ1) is 10.2. The molecule has 0 radical (unpaired) electrons. The Hall–Kier alpha value is -2.22. The van der Waals surface area contributed by atoms with Crippen molar-refractivity contribution in [3.05, 3.63) is 29.8 Å². The number of rotatable bonds is 5. The maximum atomic E-state index is 11.9. The summed E-state index contributed by atoms with van der Waals surface area (Å²) in [6, 6.07) is 9.02. The van der Waals surface area contributed by atoms with Gasteiger partial charge < -0.3 is 14.8 Å². The summed E-state index contributed by atoms with van der Waals surface area (Å²) in [5.41, 5.74) is 0.263. The molecular formula is C17H24N2O3. The third kappa shape index (κ3) is 6.49. The quantitative estimate of drug-likeness (QED) is 0.894. The third-order valence-electron chi connectivity index (χ3n) is 2.64. The zero-order chi connectivity index (χ0) is 16.8. The van der Waals surface area contributed by atoms with Crippen LogP contribution in [0.2, 0.25) is 0 Å². The van der Waals surface area contributed by atoms with Crippen molar-refractivity contribution in [2.24, 2.45) is 0 Å². The molecule has 0 heterocycles. The van der Waals surface area contributed by atoms with Gasteiger partial charge in [-0.05, 0) is 52.3 Å². The van der Waals surface area contributed by atoms with Crippen molar-refractivity contribution in [3.8, 4) is 11.8 Å². The molecule has 1 unspecified atom stereocenters. The lowest BCUT2D eigenvalue weighted by molar-refractivity contribution is 0.0504. The van der Waals surface area contributed by atoms with E-state index in [9.17, 15) is 4.79 Å². The second-order valence-electron chi connectivity index (χ2n) is 6.30. The van der Waals surface area contributed by atoms with Crippen molar-refractivity contribution in [1.82, 2.24) is 5.32 Å². The van der Waals surface area contributed by atoms with Gasteiger partial charge in [0.05, 0.1) is 24.6 Å². The highest BCUT2D eigenvalue weighted by Crippen LogP contribution is 2.21. The van der Waals surface area contributed by atoms with Crippen molar-refractivity contribution in [2.45, 2.75) is 58.8 Å². The van der Waals surface area contributed by atoms with Gasteiger partial charge in [0.25, 0.3) is 0 Å². The smallest absolute Gasteiger partial charge is 0.408 e. The molecule has 1 N–H and O–H groups in total. The van der Waals surface area contributed by atoms with Crippen LogP contribution in [0.4, 0.5) is 4.79 Å². The number of amides is 1. The minimum atomic E-state index is -0.573. The van der Waals surface area contributed by atoms with Crippen LogP contribution < -0.4 is 10.1 Å². The SMILES string of the molecule is CC(C)Oc1ccc(C(CC#N)NC(=O)OC(C)(C)C)cc1. The number of ether oxygens (including phenoxy) is 2. The van der Waals surface area contributed by atoms with E-state index in [1.54, 1.807) is 20.8 Å². The van der Waals surface area contributed by atoms with Crippen LogP contribution >= 0.6 is 0 Å². The van der Waals surface area contributed by atoms with Gasteiger partial charge in [-0.25, -0.2) is 4.79 Å². The minimum absolute atomic E-state index is 0.0978. The summed E-state index contributed by atoms with van der Waals surface area (Å²) in [4.78, 5) is 11.9. The highest BCUT2D eigenvalue weighted by Gasteiger charge is 2.20. The van der Waals surface area contributed by atoms with Gasteiger partial charge in [-0.1, -0.05) is 12.1 Å². The average molecular weight is 304 g/mol. The van der Waals surface area contributed by atoms with Crippen LogP contribution in [0.5, 0.6) is 5.75 Å². The van der Waals surface area contributed by atoms with E-state index >= 15 is 0 Å². The van der Waals surface area contributed by atoms with Crippen LogP contribution in [0.1, 0.15) is 52.6 Å². The molecule has 0 aliphatic heterocycles. The normalized spacial score (nSPS) is 12.4. The Labute approximate surface area is 132 Å². The summed E-state index contributed by atoms with van der Waals surface area (Å²) >= 11 is 0. The van der Waals surface area contributed by atoms with E-state index in [2.05, 4.69) is 11.4 Å². The van der Waals surface area contributed by atoms with E-state index in [0.717, 1.165) is 11.3 Å². The predicted octanol–water partition coefficient (Wildman–Crippen LogP) is 3.95. The molecule has 0 saturated carbocycles. The molecule has 1 atom stereocenters. The van der Waals surface area contributed by atoms with E-state index in [0.29, 0.717) is 0 Å². The summed E-state index contributed by atoms with van der Waals surface area (Å²) in [6.07, 6.45) is -0.264. The maximum Gasteiger partial charge on any atom is 0.408 e. The number of carbonyl (C=O) groups excluding carboxylic acids is 1. The molecule has 0 bridgehead atoms. The minimum Gasteiger partial charge on any atom is -0.491 e. The topological polar surface area (TPSA) is 71.3 Å². The predicted molar refractivity (Wildman–Crippen MR) is 84.5 cm³/mol. The van der Waals surface area contributed by atoms with Gasteiger partial charge in [-0.15, -0.1) is 0 Å². The molecule has 1 rings (SSSR count). The van der Waals surface area contributed by atoms with E-state index in [4.69, 9.17) is 14.7 Å². The monoisotopic (exact) mass is 304 g/mol. The van der Waals surface area contributed by atoms with Crippen LogP contribution in [0.3, 0.4) is 0 Å². The number of nitriles is 1. The van der Waals surface area contributed by atoms with Crippen molar-refractivity contribution < 1.29 is 14.3 Å². The summed E-state index contributed by atoms with van der Waals surface area (Å²) in [6.45, 7) is 9.30. The molecule has 0 fully saturated rings. The van der Waals surface area contributed by atoms with Gasteiger partial charge >= 0.3 is 6.09 Å². The van der Waals surface area contributed by atoms with Gasteiger partial charge in [0.2, 0.25) is 0 Å². The van der Waals surface area contributed by atoms with Gasteiger partial charge in [0.1, 0.15) is 11.4 Å². The van der Waals surface area contributed by atoms with Crippen molar-refractivity contribution in [3.63, 3.8) is 0 Å². The maximum absolute atomic E-state index is 11.9. The molecule has 0 aliphatic carbocycles. The first-order valence-corrected chi connectivity index (χ1v) is 7.34. The molecule has 0 spiro atoms. The molecule has 5 nitrogen and oxygen atoms in total. The van der Waals surface area contributed by atoms with Crippen LogP contribution in [0.15, 0.2) is 24.3 Å². The third-order valence-corrected chi connectivity index (χ3v) is 2.64. The Morgan fingerprint density at radius 1 is 1.27 bits per heavy atom. The Morgan fingerprint density at radius 3 is 2.32 bits per heavy atom. The molecule has 22 heavy (non-hydrogen) atoms. The van der Waals surface area contributed by atoms with Crippen LogP contribution in [0, 0.1) is 11.3 Å². The molecule has 0 aliphatic rings. The second-order valence-corrected chi connectivity index (χ2v) is 6.30. The van der Waals surface area contributed by atoms with E-state index in [1.165, 1.54) is 0 Å². The van der Waals surface area contributed by atoms with Crippen molar-refractivity contribution in [2.75, 3.05) is 0 Å². The fraction of sp³-hybridized carbons (Fsp3) is 0.529. The number of nitrogens with one attached hydrogen (secondary N) is 1. The Balaban J connectivity index is 2.78. The highest BCUT2D eigenvalue weighted by atomic mass is 16.6. The van der Waals surface area contributed by atoms with E-state index in [1.807, 2.05) is 38.1 Å². The number of hydrogen-bond donors (Lipinski definition) is 1. The highest BCUT2D eigenvalue weighted by molar-refractivity contribution is 5.68. The van der Waals surface area contributed by atoms with Gasteiger partial charge in [0, 0.05) is 0 Å². The molecule has 0 aromatic heterocycles. The van der Waals surface area contributed by atoms with Crippen LogP contribution in [0.25, 0.3) is 0 Å². The molecule has 120 valence electrons. The standard InChI is InChI=1S/C17H24N2O3/c1-12(2)21-14-8-6-13(7-9-14)15(10-11-18)19-16(20)22-17(3,4)5/h6-9,12,15H,10H2,1-5H3,(H,19,20). The average Bonchev–Trinajstić information content (AvgIpc) is 2.36. The largest absolute Gasteiger partial charge is 0.491 e. The Bertz CT molecular complexity index is 524. The first kappa shape index (κ1) is 17.8. The molecule has 5 heteroatoms. The molecule has 1 aromatic rings. The number of alkyl carbamates (subject to hydrolysis) is 1. The van der Waals surface area contributed by atoms with Crippen LogP contribution in [-0.4, -0.2) is 17.8 Å². The summed E-state index contributed by atoms with van der Waals surface area (Å²) in [5, 5.41) is 11.7. The Kier molecular flexibility index (Phi) is 6.24. The molecular weight excluding hydrogens is 280 g/mol. The second kappa shape index (κ2) is 7.69. The molecule has 0 saturated heterocycles. The summed E-state index contributed by atoms with van der Waals surface area (Å²) in [7, 11) is 0. The number of nitrogens with zero attached hydrogens (tertiary/aromatic N) is 1. The number of benzene rings is 1. The first-order valence-electron chi connectivity index (χ1n) is 7.34. The zero-order valence-corrected chi connectivity index (χ0v) is 13.8. The van der Waals surface area contributed by atoms with Crippen LogP contribution in [-0.2, 0) is 4.74 Å².